The van der Waals surface area contributed by atoms with Crippen molar-refractivity contribution in [1.82, 2.24) is 9.47 Å². The van der Waals surface area contributed by atoms with E-state index in [9.17, 15) is 9.59 Å². The Bertz CT molecular complexity index is 766. The number of hydrogen-bond acceptors (Lipinski definition) is 5. The molecule has 0 saturated heterocycles. The molecule has 2 aliphatic heterocycles. The maximum atomic E-state index is 12.5. The summed E-state index contributed by atoms with van der Waals surface area (Å²) in [7, 11) is 3.22. The first-order valence-electron chi connectivity index (χ1n) is 8.41. The third kappa shape index (κ3) is 3.43. The lowest BCUT2D eigenvalue weighted by atomic mass is 10.0. The number of carbonyl (C=O) groups is 2. The molecule has 0 radical (unpaired) electrons. The number of esters is 1. The van der Waals surface area contributed by atoms with Crippen LogP contribution in [0.3, 0.4) is 0 Å². The summed E-state index contributed by atoms with van der Waals surface area (Å²) in [6.07, 6.45) is 8.36. The topological polar surface area (TPSA) is 76.3 Å². The van der Waals surface area contributed by atoms with Crippen molar-refractivity contribution in [3.63, 3.8) is 0 Å². The van der Waals surface area contributed by atoms with Gasteiger partial charge >= 0.3 is 5.97 Å². The van der Waals surface area contributed by atoms with Crippen molar-refractivity contribution in [2.24, 2.45) is 17.3 Å². The van der Waals surface area contributed by atoms with Gasteiger partial charge in [0, 0.05) is 57.9 Å². The maximum absolute atomic E-state index is 12.5. The predicted octanol–water partition coefficient (Wildman–Crippen LogP) is 2.05. The summed E-state index contributed by atoms with van der Waals surface area (Å²) in [6.45, 7) is 1.17. The number of amides is 1. The zero-order valence-electron chi connectivity index (χ0n) is 14.6. The number of nitrogens with zero attached hydrogens (tertiary/aromatic N) is 4. The van der Waals surface area contributed by atoms with E-state index < -0.39 is 5.66 Å². The molecule has 0 aromatic carbocycles. The fourth-order valence-corrected chi connectivity index (χ4v) is 3.34. The van der Waals surface area contributed by atoms with Crippen LogP contribution in [0.5, 0.6) is 0 Å². The zero-order valence-corrected chi connectivity index (χ0v) is 14.6. The van der Waals surface area contributed by atoms with Crippen LogP contribution in [0.15, 0.2) is 16.3 Å². The Balaban J connectivity index is 1.60. The second-order valence-corrected chi connectivity index (χ2v) is 6.50. The minimum Gasteiger partial charge on any atom is -0.464 e. The van der Waals surface area contributed by atoms with Gasteiger partial charge in [0.15, 0.2) is 5.66 Å². The molecule has 3 rings (SSSR count). The Labute approximate surface area is 147 Å². The molecule has 1 aromatic rings. The van der Waals surface area contributed by atoms with E-state index in [0.717, 1.165) is 17.7 Å². The van der Waals surface area contributed by atoms with Crippen LogP contribution in [0.2, 0.25) is 0 Å². The summed E-state index contributed by atoms with van der Waals surface area (Å²) >= 11 is 0. The average Bonchev–Trinajstić information content (AvgIpc) is 3.33. The number of methoxy groups -OCH3 is 1. The summed E-state index contributed by atoms with van der Waals surface area (Å²) < 4.78 is 6.67. The summed E-state index contributed by atoms with van der Waals surface area (Å²) in [4.78, 5) is 26.2. The highest BCUT2D eigenvalue weighted by Gasteiger charge is 2.39. The molecule has 2 aliphatic rings. The number of terminal acetylenes is 1. The summed E-state index contributed by atoms with van der Waals surface area (Å²) in [6, 6.07) is 1.82. The van der Waals surface area contributed by atoms with Crippen LogP contribution in [0.25, 0.3) is 0 Å². The SMILES string of the molecule is C#CCCC1(CCC(=O)N2CCc3c(cc(C(=O)OC)n3C)C2)N=N1. The van der Waals surface area contributed by atoms with Crippen molar-refractivity contribution in [2.45, 2.75) is 44.3 Å². The zero-order chi connectivity index (χ0) is 18.0. The third-order valence-electron chi connectivity index (χ3n) is 4.97. The lowest BCUT2D eigenvalue weighted by Crippen LogP contribution is -2.36. The van der Waals surface area contributed by atoms with Crippen molar-refractivity contribution in [3.8, 4) is 12.3 Å². The first-order valence-corrected chi connectivity index (χ1v) is 8.41. The van der Waals surface area contributed by atoms with Crippen molar-refractivity contribution in [2.75, 3.05) is 13.7 Å². The van der Waals surface area contributed by atoms with Gasteiger partial charge < -0.3 is 14.2 Å². The molecule has 25 heavy (non-hydrogen) atoms. The second-order valence-electron chi connectivity index (χ2n) is 6.50. The third-order valence-corrected chi connectivity index (χ3v) is 4.97. The van der Waals surface area contributed by atoms with Gasteiger partial charge in [-0.2, -0.15) is 10.2 Å². The van der Waals surface area contributed by atoms with Gasteiger partial charge in [-0.25, -0.2) is 4.79 Å². The van der Waals surface area contributed by atoms with Crippen LogP contribution in [0.4, 0.5) is 0 Å². The minimum absolute atomic E-state index is 0.0894. The first-order chi connectivity index (χ1) is 12.0. The normalized spacial score (nSPS) is 16.9. The van der Waals surface area contributed by atoms with E-state index >= 15 is 0 Å². The van der Waals surface area contributed by atoms with Crippen LogP contribution in [0.1, 0.15) is 47.4 Å². The molecule has 0 bridgehead atoms. The number of aromatic nitrogens is 1. The number of fused-ring (bicyclic) bond motifs is 1. The molecular formula is C18H22N4O3. The Hall–Kier alpha value is -2.62. The standard InChI is InChI=1S/C18H22N4O3/c1-4-5-8-18(19-20-18)9-6-16(23)22-10-7-14-13(12-22)11-15(21(14)2)17(24)25-3/h1,11H,5-10,12H2,2-3H3. The molecule has 7 heteroatoms. The Kier molecular flexibility index (Phi) is 4.62. The van der Waals surface area contributed by atoms with Gasteiger partial charge in [0.05, 0.1) is 7.11 Å². The molecule has 0 fully saturated rings. The molecule has 0 saturated carbocycles. The van der Waals surface area contributed by atoms with Gasteiger partial charge in [-0.1, -0.05) is 0 Å². The van der Waals surface area contributed by atoms with E-state index in [1.165, 1.54) is 7.11 Å². The highest BCUT2D eigenvalue weighted by molar-refractivity contribution is 5.88. The van der Waals surface area contributed by atoms with Crippen LogP contribution in [-0.4, -0.2) is 40.7 Å². The predicted molar refractivity (Wildman–Crippen MR) is 90.8 cm³/mol. The fraction of sp³-hybridized carbons (Fsp3) is 0.556. The average molecular weight is 342 g/mol. The highest BCUT2D eigenvalue weighted by atomic mass is 16.5. The molecule has 3 heterocycles. The van der Waals surface area contributed by atoms with Crippen molar-refractivity contribution in [1.29, 1.82) is 0 Å². The van der Waals surface area contributed by atoms with Gasteiger partial charge in [-0.3, -0.25) is 4.79 Å². The van der Waals surface area contributed by atoms with Crippen LogP contribution >= 0.6 is 0 Å². The molecule has 0 aliphatic carbocycles. The van der Waals surface area contributed by atoms with E-state index in [1.54, 1.807) is 0 Å². The molecule has 0 spiro atoms. The van der Waals surface area contributed by atoms with Crippen molar-refractivity contribution >= 4 is 11.9 Å². The van der Waals surface area contributed by atoms with Gasteiger partial charge in [0.2, 0.25) is 5.91 Å². The molecule has 132 valence electrons. The molecule has 0 N–H and O–H groups in total. The lowest BCUT2D eigenvalue weighted by molar-refractivity contribution is -0.132. The smallest absolute Gasteiger partial charge is 0.354 e. The summed E-state index contributed by atoms with van der Waals surface area (Å²) in [5, 5.41) is 8.14. The Morgan fingerprint density at radius 2 is 2.16 bits per heavy atom. The van der Waals surface area contributed by atoms with Crippen LogP contribution in [0, 0.1) is 12.3 Å². The van der Waals surface area contributed by atoms with Crippen LogP contribution < -0.4 is 0 Å². The monoisotopic (exact) mass is 342 g/mol. The van der Waals surface area contributed by atoms with E-state index in [-0.39, 0.29) is 11.9 Å². The first kappa shape index (κ1) is 17.2. The van der Waals surface area contributed by atoms with Crippen molar-refractivity contribution < 1.29 is 14.3 Å². The molecule has 1 aromatic heterocycles. The molecule has 0 atom stereocenters. The molecule has 1 amide bonds. The molecule has 7 nitrogen and oxygen atoms in total. The number of carbonyl (C=O) groups excluding carboxylic acids is 2. The van der Waals surface area contributed by atoms with Gasteiger partial charge in [-0.15, -0.1) is 12.3 Å². The number of ether oxygens (including phenoxy) is 1. The van der Waals surface area contributed by atoms with Crippen molar-refractivity contribution in [3.05, 3.63) is 23.0 Å². The molecule has 0 unspecified atom stereocenters. The van der Waals surface area contributed by atoms with E-state index in [2.05, 4.69) is 16.1 Å². The highest BCUT2D eigenvalue weighted by Crippen LogP contribution is 2.38. The molecular weight excluding hydrogens is 320 g/mol. The van der Waals surface area contributed by atoms with Gasteiger partial charge in [0.25, 0.3) is 0 Å². The van der Waals surface area contributed by atoms with Gasteiger partial charge in [0.1, 0.15) is 5.69 Å². The second kappa shape index (κ2) is 6.71. The van der Waals surface area contributed by atoms with E-state index in [4.69, 9.17) is 11.2 Å². The summed E-state index contributed by atoms with van der Waals surface area (Å²) in [5.74, 6) is 2.32. The fourth-order valence-electron chi connectivity index (χ4n) is 3.34. The Morgan fingerprint density at radius 1 is 1.40 bits per heavy atom. The lowest BCUT2D eigenvalue weighted by Gasteiger charge is -2.28. The Morgan fingerprint density at radius 3 is 2.80 bits per heavy atom. The quantitative estimate of drug-likeness (QED) is 0.586. The largest absolute Gasteiger partial charge is 0.464 e. The van der Waals surface area contributed by atoms with E-state index in [0.29, 0.717) is 44.5 Å². The number of rotatable bonds is 6. The van der Waals surface area contributed by atoms with E-state index in [1.807, 2.05) is 22.6 Å². The van der Waals surface area contributed by atoms with Gasteiger partial charge in [-0.05, 0) is 11.6 Å². The maximum Gasteiger partial charge on any atom is 0.354 e. The van der Waals surface area contributed by atoms with Crippen LogP contribution in [-0.2, 0) is 29.5 Å². The number of hydrogen-bond donors (Lipinski definition) is 0. The minimum atomic E-state index is -0.423. The summed E-state index contributed by atoms with van der Waals surface area (Å²) in [5.41, 5.74) is 2.19.